The van der Waals surface area contributed by atoms with Crippen LogP contribution in [0.4, 0.5) is 0 Å². The van der Waals surface area contributed by atoms with E-state index in [1.165, 1.54) is 0 Å². The number of nitriles is 3. The lowest BCUT2D eigenvalue weighted by atomic mass is 9.53. The number of ether oxygens (including phenoxy) is 2. The van der Waals surface area contributed by atoms with E-state index in [9.17, 15) is 15.8 Å². The molecule has 2 saturated heterocycles. The molecule has 3 rings (SSSR count). The summed E-state index contributed by atoms with van der Waals surface area (Å²) >= 11 is 0. The Hall–Kier alpha value is -2.88. The molecule has 1 aromatic rings. The van der Waals surface area contributed by atoms with E-state index in [2.05, 4.69) is 6.07 Å². The van der Waals surface area contributed by atoms with E-state index in [4.69, 9.17) is 14.9 Å². The van der Waals surface area contributed by atoms with Crippen molar-refractivity contribution in [2.24, 2.45) is 16.7 Å². The van der Waals surface area contributed by atoms with Crippen molar-refractivity contribution in [2.75, 3.05) is 0 Å². The van der Waals surface area contributed by atoms with E-state index in [1.807, 2.05) is 38.1 Å². The van der Waals surface area contributed by atoms with E-state index >= 15 is 0 Å². The van der Waals surface area contributed by atoms with Gasteiger partial charge in [-0.25, -0.2) is 0 Å². The minimum atomic E-state index is -1.87. The molecule has 2 bridgehead atoms. The van der Waals surface area contributed by atoms with Gasteiger partial charge in [0.25, 0.3) is 0 Å². The monoisotopic (exact) mass is 334 g/mol. The molecule has 6 heteroatoms. The number of hydrogen-bond donors (Lipinski definition) is 1. The fourth-order valence-electron chi connectivity index (χ4n) is 4.08. The molecule has 0 aromatic heterocycles. The van der Waals surface area contributed by atoms with Crippen molar-refractivity contribution in [3.63, 3.8) is 0 Å². The normalized spacial score (nSPS) is 35.1. The number of nitrogens with zero attached hydrogens (tertiary/aromatic N) is 3. The first-order valence-corrected chi connectivity index (χ1v) is 8.13. The van der Waals surface area contributed by atoms with Gasteiger partial charge in [-0.1, -0.05) is 43.7 Å². The van der Waals surface area contributed by atoms with Gasteiger partial charge in [0.1, 0.15) is 6.10 Å². The summed E-state index contributed by atoms with van der Waals surface area (Å²) in [6.07, 6.45) is -0.586. The third kappa shape index (κ3) is 1.77. The maximum absolute atomic E-state index is 10.00. The van der Waals surface area contributed by atoms with Crippen LogP contribution in [-0.2, 0) is 9.47 Å². The highest BCUT2D eigenvalue weighted by atomic mass is 16.7. The van der Waals surface area contributed by atoms with Gasteiger partial charge in [-0.15, -0.1) is 0 Å². The summed E-state index contributed by atoms with van der Waals surface area (Å²) in [5.74, 6) is -2.18. The van der Waals surface area contributed by atoms with Crippen LogP contribution in [0.15, 0.2) is 24.3 Å². The zero-order valence-corrected chi connectivity index (χ0v) is 14.3. The zero-order valence-electron chi connectivity index (χ0n) is 14.3. The van der Waals surface area contributed by atoms with Gasteiger partial charge in [0.15, 0.2) is 5.41 Å². The maximum atomic E-state index is 10.00. The van der Waals surface area contributed by atoms with Gasteiger partial charge < -0.3 is 9.47 Å². The number of rotatable bonds is 2. The first-order chi connectivity index (χ1) is 11.9. The summed E-state index contributed by atoms with van der Waals surface area (Å²) < 4.78 is 11.9. The predicted octanol–water partition coefficient (Wildman–Crippen LogP) is 3.36. The number of nitrogens with one attached hydrogen (secondary N) is 1. The van der Waals surface area contributed by atoms with Crippen LogP contribution in [0.25, 0.3) is 0 Å². The van der Waals surface area contributed by atoms with Crippen LogP contribution in [0, 0.1) is 63.1 Å². The Kier molecular flexibility index (Phi) is 3.60. The third-order valence-electron chi connectivity index (χ3n) is 5.68. The van der Waals surface area contributed by atoms with E-state index in [1.54, 1.807) is 19.1 Å². The highest BCUT2D eigenvalue weighted by molar-refractivity contribution is 5.89. The van der Waals surface area contributed by atoms with Crippen LogP contribution in [0.1, 0.15) is 37.5 Å². The molecular weight excluding hydrogens is 316 g/mol. The highest BCUT2D eigenvalue weighted by Crippen LogP contribution is 2.66. The zero-order chi connectivity index (χ0) is 18.5. The molecule has 2 fully saturated rings. The molecule has 6 nitrogen and oxygen atoms in total. The van der Waals surface area contributed by atoms with Crippen molar-refractivity contribution >= 4 is 5.90 Å². The van der Waals surface area contributed by atoms with Crippen molar-refractivity contribution in [3.05, 3.63) is 35.4 Å². The maximum Gasteiger partial charge on any atom is 0.217 e. The predicted molar refractivity (Wildman–Crippen MR) is 87.7 cm³/mol. The van der Waals surface area contributed by atoms with Crippen molar-refractivity contribution in [2.45, 2.75) is 39.1 Å². The molecule has 1 aromatic carbocycles. The molecule has 1 N–H and O–H groups in total. The van der Waals surface area contributed by atoms with Crippen LogP contribution in [0.3, 0.4) is 0 Å². The Morgan fingerprint density at radius 2 is 1.72 bits per heavy atom. The SMILES string of the molecule is CC[C@@]12OC(=N)[C@@](C#N)([C@@H]1C)C(C#N)(C#N)[C@@H](c1ccc(C)cc1)O2. The lowest BCUT2D eigenvalue weighted by Crippen LogP contribution is -2.58. The summed E-state index contributed by atoms with van der Waals surface area (Å²) in [7, 11) is 0. The van der Waals surface area contributed by atoms with Crippen molar-refractivity contribution in [1.82, 2.24) is 0 Å². The van der Waals surface area contributed by atoms with Gasteiger partial charge in [-0.2, -0.15) is 15.8 Å². The molecule has 0 radical (unpaired) electrons. The standard InChI is InChI=1S/C19H18N4O2/c1-4-19-13(3)18(11-22,16(23)25-19)17(9-20,10-21)15(24-19)14-7-5-12(2)6-8-14/h5-8,13,15,23H,4H2,1-3H3/t13-,15+,18+,19+/m0/s1. The van der Waals surface area contributed by atoms with Crippen LogP contribution in [-0.4, -0.2) is 11.7 Å². The molecule has 0 amide bonds. The van der Waals surface area contributed by atoms with Crippen LogP contribution < -0.4 is 0 Å². The third-order valence-corrected chi connectivity index (χ3v) is 5.68. The molecule has 126 valence electrons. The van der Waals surface area contributed by atoms with E-state index < -0.39 is 28.6 Å². The Balaban J connectivity index is 2.32. The average molecular weight is 334 g/mol. The van der Waals surface area contributed by atoms with Crippen LogP contribution in [0.5, 0.6) is 0 Å². The lowest BCUT2D eigenvalue weighted by molar-refractivity contribution is -0.280. The molecule has 0 spiro atoms. The van der Waals surface area contributed by atoms with Gasteiger partial charge in [0.2, 0.25) is 17.1 Å². The second kappa shape index (κ2) is 5.31. The Morgan fingerprint density at radius 3 is 2.20 bits per heavy atom. The first-order valence-electron chi connectivity index (χ1n) is 8.13. The summed E-state index contributed by atoms with van der Waals surface area (Å²) in [6.45, 7) is 5.49. The molecule has 2 aliphatic heterocycles. The van der Waals surface area contributed by atoms with Gasteiger partial charge in [0, 0.05) is 6.42 Å². The number of benzene rings is 1. The second-order valence-electron chi connectivity index (χ2n) is 6.68. The molecule has 0 unspecified atom stereocenters. The van der Waals surface area contributed by atoms with E-state index in [0.717, 1.165) is 5.56 Å². The summed E-state index contributed by atoms with van der Waals surface area (Å²) in [5.41, 5.74) is -1.90. The second-order valence-corrected chi connectivity index (χ2v) is 6.68. The van der Waals surface area contributed by atoms with E-state index in [-0.39, 0.29) is 5.90 Å². The van der Waals surface area contributed by atoms with Crippen molar-refractivity contribution in [3.8, 4) is 18.2 Å². The van der Waals surface area contributed by atoms with Crippen LogP contribution >= 0.6 is 0 Å². The topological polar surface area (TPSA) is 114 Å². The van der Waals surface area contributed by atoms with Crippen molar-refractivity contribution < 1.29 is 9.47 Å². The smallest absolute Gasteiger partial charge is 0.217 e. The van der Waals surface area contributed by atoms with Gasteiger partial charge >= 0.3 is 0 Å². The van der Waals surface area contributed by atoms with Crippen molar-refractivity contribution in [1.29, 1.82) is 21.2 Å². The minimum absolute atomic E-state index is 0.359. The summed E-state index contributed by atoms with van der Waals surface area (Å²) in [5, 5.41) is 38.3. The first kappa shape index (κ1) is 17.0. The number of fused-ring (bicyclic) bond motifs is 2. The quantitative estimate of drug-likeness (QED) is 0.890. The molecule has 25 heavy (non-hydrogen) atoms. The minimum Gasteiger partial charge on any atom is -0.447 e. The van der Waals surface area contributed by atoms with E-state index in [0.29, 0.717) is 12.0 Å². The number of hydrogen-bond acceptors (Lipinski definition) is 6. The van der Waals surface area contributed by atoms with Gasteiger partial charge in [-0.05, 0) is 12.5 Å². The number of aryl methyl sites for hydroxylation is 1. The fourth-order valence-corrected chi connectivity index (χ4v) is 4.08. The molecule has 2 heterocycles. The molecular formula is C19H18N4O2. The Bertz CT molecular complexity index is 843. The van der Waals surface area contributed by atoms with Crippen LogP contribution in [0.2, 0.25) is 0 Å². The fraction of sp³-hybridized carbons (Fsp3) is 0.474. The lowest BCUT2D eigenvalue weighted by Gasteiger charge is -2.48. The Morgan fingerprint density at radius 1 is 1.12 bits per heavy atom. The molecule has 0 saturated carbocycles. The largest absolute Gasteiger partial charge is 0.447 e. The van der Waals surface area contributed by atoms with Gasteiger partial charge in [0.05, 0.1) is 24.1 Å². The Labute approximate surface area is 146 Å². The van der Waals surface area contributed by atoms with Gasteiger partial charge in [-0.3, -0.25) is 5.41 Å². The molecule has 0 aliphatic carbocycles. The molecule has 2 aliphatic rings. The summed E-state index contributed by atoms with van der Waals surface area (Å²) in [4.78, 5) is 0. The average Bonchev–Trinajstić information content (AvgIpc) is 2.79. The highest BCUT2D eigenvalue weighted by Gasteiger charge is 2.78. The molecule has 4 atom stereocenters. The summed E-state index contributed by atoms with van der Waals surface area (Å²) in [6, 6.07) is 13.4.